The molecule has 0 aliphatic heterocycles. The summed E-state index contributed by atoms with van der Waals surface area (Å²) >= 11 is 0. The van der Waals surface area contributed by atoms with E-state index in [0.717, 1.165) is 12.4 Å². The third-order valence-electron chi connectivity index (χ3n) is 2.97. The molecule has 0 fully saturated rings. The minimum atomic E-state index is -0.737. The highest BCUT2D eigenvalue weighted by molar-refractivity contribution is 8.33. The van der Waals surface area contributed by atoms with Crippen LogP contribution in [0.15, 0.2) is 0 Å². The first-order valence-corrected chi connectivity index (χ1v) is 8.15. The molecule has 0 saturated carbocycles. The molecular formula is C11H25NO3S. The molecule has 0 atom stereocenters. The van der Waals surface area contributed by atoms with Crippen molar-refractivity contribution in [1.82, 2.24) is 0 Å². The van der Waals surface area contributed by atoms with E-state index in [9.17, 15) is 4.79 Å². The maximum atomic E-state index is 10.3. The Morgan fingerprint density at radius 3 is 2.06 bits per heavy atom. The zero-order valence-electron chi connectivity index (χ0n) is 10.7. The Morgan fingerprint density at radius 1 is 1.06 bits per heavy atom. The Bertz CT molecular complexity index is 187. The summed E-state index contributed by atoms with van der Waals surface area (Å²) < 4.78 is 10.0. The van der Waals surface area contributed by atoms with Gasteiger partial charge in [0.05, 0.1) is 13.2 Å². The van der Waals surface area contributed by atoms with Gasteiger partial charge in [0, 0.05) is 5.75 Å². The van der Waals surface area contributed by atoms with Gasteiger partial charge in [-0.2, -0.15) is 0 Å². The summed E-state index contributed by atoms with van der Waals surface area (Å²) in [5.41, 5.74) is 4.83. The predicted octanol–water partition coefficient (Wildman–Crippen LogP) is 1.96. The van der Waals surface area contributed by atoms with E-state index in [4.69, 9.17) is 10.5 Å². The van der Waals surface area contributed by atoms with Crippen LogP contribution in [0.5, 0.6) is 0 Å². The van der Waals surface area contributed by atoms with Gasteiger partial charge >= 0.3 is 6.09 Å². The SMILES string of the molecule is CCS(CC)(CC)CCOCCOC(N)=O. The zero-order chi connectivity index (χ0) is 12.4. The first kappa shape index (κ1) is 15.6. The van der Waals surface area contributed by atoms with Crippen molar-refractivity contribution < 1.29 is 14.3 Å². The molecule has 0 aromatic rings. The Morgan fingerprint density at radius 2 is 1.62 bits per heavy atom. The lowest BCUT2D eigenvalue weighted by atomic mass is 10.7. The zero-order valence-corrected chi connectivity index (χ0v) is 11.5. The van der Waals surface area contributed by atoms with Gasteiger partial charge < -0.3 is 15.2 Å². The summed E-state index contributed by atoms with van der Waals surface area (Å²) in [6.07, 6.45) is -0.737. The highest BCUT2D eigenvalue weighted by atomic mass is 32.3. The molecule has 0 radical (unpaired) electrons. The molecule has 0 heterocycles. The van der Waals surface area contributed by atoms with Crippen LogP contribution in [0.3, 0.4) is 0 Å². The summed E-state index contributed by atoms with van der Waals surface area (Å²) in [4.78, 5) is 10.3. The highest BCUT2D eigenvalue weighted by Crippen LogP contribution is 2.46. The van der Waals surface area contributed by atoms with E-state index < -0.39 is 16.1 Å². The largest absolute Gasteiger partial charge is 0.447 e. The number of hydrogen-bond donors (Lipinski definition) is 1. The van der Waals surface area contributed by atoms with Gasteiger partial charge in [0.25, 0.3) is 0 Å². The maximum absolute atomic E-state index is 10.3. The van der Waals surface area contributed by atoms with Crippen molar-refractivity contribution in [3.8, 4) is 0 Å². The quantitative estimate of drug-likeness (QED) is 0.637. The van der Waals surface area contributed by atoms with Gasteiger partial charge in [0.15, 0.2) is 0 Å². The van der Waals surface area contributed by atoms with Crippen molar-refractivity contribution in [2.45, 2.75) is 20.8 Å². The van der Waals surface area contributed by atoms with Gasteiger partial charge in [-0.25, -0.2) is 14.8 Å². The molecule has 0 saturated heterocycles. The standard InChI is InChI=1S/C11H25NO3S/c1-4-16(5-2,6-3)10-9-14-7-8-15-11(12)13/h4-10H2,1-3H3,(H2,12,13). The predicted molar refractivity (Wildman–Crippen MR) is 70.4 cm³/mol. The third-order valence-corrected chi connectivity index (χ3v) is 7.68. The molecular weight excluding hydrogens is 226 g/mol. The summed E-state index contributed by atoms with van der Waals surface area (Å²) in [6, 6.07) is 0. The van der Waals surface area contributed by atoms with Gasteiger partial charge in [-0.1, -0.05) is 20.8 Å². The molecule has 16 heavy (non-hydrogen) atoms. The van der Waals surface area contributed by atoms with Crippen LogP contribution in [0.1, 0.15) is 20.8 Å². The molecule has 0 aromatic carbocycles. The Kier molecular flexibility index (Phi) is 8.47. The maximum Gasteiger partial charge on any atom is 0.404 e. The fourth-order valence-electron chi connectivity index (χ4n) is 1.58. The number of primary amides is 1. The van der Waals surface area contributed by atoms with Crippen LogP contribution in [-0.2, 0) is 9.47 Å². The number of carbonyl (C=O) groups excluding carboxylic acids is 1. The molecule has 0 bridgehead atoms. The first-order chi connectivity index (χ1) is 7.60. The number of ether oxygens (including phenoxy) is 2. The molecule has 0 unspecified atom stereocenters. The van der Waals surface area contributed by atoms with E-state index in [2.05, 4.69) is 25.5 Å². The summed E-state index contributed by atoms with van der Waals surface area (Å²) in [6.45, 7) is 8.24. The molecule has 0 spiro atoms. The first-order valence-electron chi connectivity index (χ1n) is 5.84. The smallest absolute Gasteiger partial charge is 0.404 e. The van der Waals surface area contributed by atoms with E-state index in [1.165, 1.54) is 17.3 Å². The van der Waals surface area contributed by atoms with Crippen LogP contribution in [0.4, 0.5) is 4.79 Å². The summed E-state index contributed by atoms with van der Waals surface area (Å²) in [7, 11) is -0.471. The molecule has 0 rings (SSSR count). The van der Waals surface area contributed by atoms with E-state index >= 15 is 0 Å². The van der Waals surface area contributed by atoms with Crippen molar-refractivity contribution in [2.24, 2.45) is 5.73 Å². The van der Waals surface area contributed by atoms with Crippen LogP contribution >= 0.6 is 10.0 Å². The molecule has 4 nitrogen and oxygen atoms in total. The van der Waals surface area contributed by atoms with Crippen LogP contribution in [0, 0.1) is 0 Å². The highest BCUT2D eigenvalue weighted by Gasteiger charge is 2.16. The lowest BCUT2D eigenvalue weighted by Gasteiger charge is -2.37. The fourth-order valence-corrected chi connectivity index (χ4v) is 4.15. The van der Waals surface area contributed by atoms with Crippen LogP contribution in [-0.4, -0.2) is 48.9 Å². The monoisotopic (exact) mass is 251 g/mol. The van der Waals surface area contributed by atoms with Crippen molar-refractivity contribution in [2.75, 3.05) is 42.8 Å². The van der Waals surface area contributed by atoms with Gasteiger partial charge in [0.1, 0.15) is 6.61 Å². The summed E-state index contributed by atoms with van der Waals surface area (Å²) in [5, 5.41) is 0. The minimum absolute atomic E-state index is 0.252. The number of carbonyl (C=O) groups is 1. The average Bonchev–Trinajstić information content (AvgIpc) is 2.29. The van der Waals surface area contributed by atoms with Gasteiger partial charge in [-0.05, 0) is 17.3 Å². The minimum Gasteiger partial charge on any atom is -0.447 e. The van der Waals surface area contributed by atoms with Crippen molar-refractivity contribution >= 4 is 16.1 Å². The lowest BCUT2D eigenvalue weighted by molar-refractivity contribution is 0.0840. The van der Waals surface area contributed by atoms with Crippen LogP contribution < -0.4 is 5.73 Å². The molecule has 98 valence electrons. The average molecular weight is 251 g/mol. The second kappa shape index (κ2) is 8.70. The Balaban J connectivity index is 3.59. The van der Waals surface area contributed by atoms with E-state index in [1.54, 1.807) is 0 Å². The second-order valence-electron chi connectivity index (χ2n) is 3.57. The van der Waals surface area contributed by atoms with Crippen molar-refractivity contribution in [1.29, 1.82) is 0 Å². The summed E-state index contributed by atoms with van der Waals surface area (Å²) in [5.74, 6) is 4.94. The molecule has 1 amide bonds. The number of hydrogen-bond acceptors (Lipinski definition) is 3. The Labute approximate surface area is 100 Å². The molecule has 5 heteroatoms. The number of rotatable bonds is 9. The van der Waals surface area contributed by atoms with E-state index in [-0.39, 0.29) is 6.61 Å². The molecule has 0 aliphatic rings. The number of nitrogens with two attached hydrogens (primary N) is 1. The van der Waals surface area contributed by atoms with E-state index in [1.807, 2.05) is 0 Å². The van der Waals surface area contributed by atoms with Crippen molar-refractivity contribution in [3.63, 3.8) is 0 Å². The van der Waals surface area contributed by atoms with Gasteiger partial charge in [0.2, 0.25) is 0 Å². The normalized spacial score (nSPS) is 12.4. The molecule has 2 N–H and O–H groups in total. The molecule has 0 aliphatic carbocycles. The fraction of sp³-hybridized carbons (Fsp3) is 0.909. The third kappa shape index (κ3) is 6.23. The van der Waals surface area contributed by atoms with Gasteiger partial charge in [-0.15, -0.1) is 0 Å². The number of amides is 1. The van der Waals surface area contributed by atoms with Crippen LogP contribution in [0.2, 0.25) is 0 Å². The Hall–Kier alpha value is -0.420. The van der Waals surface area contributed by atoms with E-state index in [0.29, 0.717) is 6.61 Å². The topological polar surface area (TPSA) is 61.6 Å². The van der Waals surface area contributed by atoms with Crippen molar-refractivity contribution in [3.05, 3.63) is 0 Å². The molecule has 0 aromatic heterocycles. The van der Waals surface area contributed by atoms with Crippen LogP contribution in [0.25, 0.3) is 0 Å². The van der Waals surface area contributed by atoms with Gasteiger partial charge in [-0.3, -0.25) is 0 Å². The lowest BCUT2D eigenvalue weighted by Crippen LogP contribution is -2.20. The second-order valence-corrected chi connectivity index (χ2v) is 8.16.